The van der Waals surface area contributed by atoms with Crippen LogP contribution in [-0.2, 0) is 19.1 Å². The lowest BCUT2D eigenvalue weighted by molar-refractivity contribution is -0.155. The van der Waals surface area contributed by atoms with Gasteiger partial charge in [0.1, 0.15) is 11.6 Å². The minimum atomic E-state index is -1.03. The molecule has 116 valence electrons. The topological polar surface area (TPSA) is 92.7 Å². The van der Waals surface area contributed by atoms with Gasteiger partial charge in [-0.2, -0.15) is 0 Å². The molecule has 0 spiro atoms. The third kappa shape index (κ3) is 10.3. The Balaban J connectivity index is 3.82. The molecule has 0 heterocycles. The summed E-state index contributed by atoms with van der Waals surface area (Å²) in [5.74, 6) is -1.63. The van der Waals surface area contributed by atoms with Gasteiger partial charge in [-0.3, -0.25) is 9.59 Å². The predicted octanol–water partition coefficient (Wildman–Crippen LogP) is 1.87. The van der Waals surface area contributed by atoms with Gasteiger partial charge < -0.3 is 15.2 Å². The van der Waals surface area contributed by atoms with Gasteiger partial charge in [0, 0.05) is 13.3 Å². The number of amides is 1. The maximum atomic E-state index is 11.4. The zero-order chi connectivity index (χ0) is 15.8. The molecule has 1 unspecified atom stereocenters. The first kappa shape index (κ1) is 18.4. The van der Waals surface area contributed by atoms with Gasteiger partial charge in [-0.1, -0.05) is 12.8 Å². The molecule has 0 rings (SSSR count). The molecule has 2 N–H and O–H groups in total. The van der Waals surface area contributed by atoms with Crippen LogP contribution in [0.25, 0.3) is 0 Å². The number of carbonyl (C=O) groups is 3. The number of carboxylic acids is 1. The minimum Gasteiger partial charge on any atom is -0.480 e. The fourth-order valence-electron chi connectivity index (χ4n) is 1.69. The van der Waals surface area contributed by atoms with Gasteiger partial charge in [-0.05, 0) is 33.6 Å². The van der Waals surface area contributed by atoms with E-state index in [9.17, 15) is 14.4 Å². The highest BCUT2D eigenvalue weighted by Gasteiger charge is 2.18. The maximum absolute atomic E-state index is 11.4. The summed E-state index contributed by atoms with van der Waals surface area (Å²) < 4.78 is 5.17. The molecule has 0 aliphatic carbocycles. The number of rotatable bonds is 8. The summed E-state index contributed by atoms with van der Waals surface area (Å²) in [6, 6.07) is -0.853. The van der Waals surface area contributed by atoms with Crippen LogP contribution in [0.1, 0.15) is 59.8 Å². The number of nitrogens with one attached hydrogen (secondary N) is 1. The Hall–Kier alpha value is -1.59. The van der Waals surface area contributed by atoms with Crippen molar-refractivity contribution in [3.63, 3.8) is 0 Å². The number of carbonyl (C=O) groups excluding carboxylic acids is 2. The lowest BCUT2D eigenvalue weighted by atomic mass is 10.1. The summed E-state index contributed by atoms with van der Waals surface area (Å²) >= 11 is 0. The van der Waals surface area contributed by atoms with Gasteiger partial charge in [-0.25, -0.2) is 4.79 Å². The lowest BCUT2D eigenvalue weighted by Gasteiger charge is -2.19. The first-order valence-corrected chi connectivity index (χ1v) is 6.83. The van der Waals surface area contributed by atoms with E-state index in [-0.39, 0.29) is 11.9 Å². The Morgan fingerprint density at radius 1 is 1.15 bits per heavy atom. The quantitative estimate of drug-likeness (QED) is 0.525. The Bertz CT molecular complexity index is 346. The van der Waals surface area contributed by atoms with Gasteiger partial charge in [0.2, 0.25) is 5.91 Å². The monoisotopic (exact) mass is 287 g/mol. The van der Waals surface area contributed by atoms with Crippen LogP contribution in [0.3, 0.4) is 0 Å². The van der Waals surface area contributed by atoms with E-state index in [1.54, 1.807) is 0 Å². The SMILES string of the molecule is CC(=O)NC(CCCCCC(=O)OC(C)(C)C)C(=O)O. The molecule has 0 aliphatic heterocycles. The average Bonchev–Trinajstić information content (AvgIpc) is 2.23. The van der Waals surface area contributed by atoms with Crippen LogP contribution < -0.4 is 5.32 Å². The second-order valence-corrected chi connectivity index (χ2v) is 5.78. The van der Waals surface area contributed by atoms with Crippen molar-refractivity contribution in [3.05, 3.63) is 0 Å². The number of hydrogen-bond acceptors (Lipinski definition) is 4. The van der Waals surface area contributed by atoms with Crippen molar-refractivity contribution < 1.29 is 24.2 Å². The molecule has 0 radical (unpaired) electrons. The molecule has 0 saturated carbocycles. The van der Waals surface area contributed by atoms with E-state index in [0.29, 0.717) is 25.7 Å². The smallest absolute Gasteiger partial charge is 0.326 e. The summed E-state index contributed by atoms with van der Waals surface area (Å²) in [5, 5.41) is 11.3. The van der Waals surface area contributed by atoms with E-state index in [4.69, 9.17) is 9.84 Å². The van der Waals surface area contributed by atoms with Crippen molar-refractivity contribution in [1.82, 2.24) is 5.32 Å². The van der Waals surface area contributed by atoms with Gasteiger partial charge in [0.05, 0.1) is 0 Å². The highest BCUT2D eigenvalue weighted by molar-refractivity contribution is 5.81. The highest BCUT2D eigenvalue weighted by Crippen LogP contribution is 2.11. The van der Waals surface area contributed by atoms with Crippen LogP contribution in [0.4, 0.5) is 0 Å². The Labute approximate surface area is 119 Å². The normalized spacial score (nSPS) is 12.6. The molecular formula is C14H25NO5. The van der Waals surface area contributed by atoms with E-state index >= 15 is 0 Å². The van der Waals surface area contributed by atoms with Crippen molar-refractivity contribution in [3.8, 4) is 0 Å². The van der Waals surface area contributed by atoms with Gasteiger partial charge in [-0.15, -0.1) is 0 Å². The average molecular weight is 287 g/mol. The summed E-state index contributed by atoms with van der Waals surface area (Å²) in [5.41, 5.74) is -0.475. The molecule has 6 heteroatoms. The van der Waals surface area contributed by atoms with E-state index in [2.05, 4.69) is 5.32 Å². The summed E-state index contributed by atoms with van der Waals surface area (Å²) in [4.78, 5) is 33.1. The lowest BCUT2D eigenvalue weighted by Crippen LogP contribution is -2.39. The molecule has 6 nitrogen and oxygen atoms in total. The van der Waals surface area contributed by atoms with Crippen LogP contribution in [0, 0.1) is 0 Å². The van der Waals surface area contributed by atoms with Crippen LogP contribution in [0.2, 0.25) is 0 Å². The molecule has 0 fully saturated rings. The summed E-state index contributed by atoms with van der Waals surface area (Å²) in [6.07, 6.45) is 2.71. The molecule has 20 heavy (non-hydrogen) atoms. The molecule has 0 aromatic carbocycles. The van der Waals surface area contributed by atoms with Crippen molar-refractivity contribution in [2.75, 3.05) is 0 Å². The first-order chi connectivity index (χ1) is 9.11. The Morgan fingerprint density at radius 3 is 2.20 bits per heavy atom. The third-order valence-corrected chi connectivity index (χ3v) is 2.47. The number of esters is 1. The number of aliphatic carboxylic acids is 1. The highest BCUT2D eigenvalue weighted by atomic mass is 16.6. The fourth-order valence-corrected chi connectivity index (χ4v) is 1.69. The van der Waals surface area contributed by atoms with Crippen molar-refractivity contribution in [2.24, 2.45) is 0 Å². The Kier molecular flexibility index (Phi) is 7.87. The molecule has 1 atom stereocenters. The molecule has 0 aliphatic rings. The van der Waals surface area contributed by atoms with Crippen LogP contribution >= 0.6 is 0 Å². The number of unbranched alkanes of at least 4 members (excludes halogenated alkanes) is 2. The minimum absolute atomic E-state index is 0.242. The van der Waals surface area contributed by atoms with Gasteiger partial charge >= 0.3 is 11.9 Å². The fraction of sp³-hybridized carbons (Fsp3) is 0.786. The largest absolute Gasteiger partial charge is 0.480 e. The number of carboxylic acid groups (broad SMARTS) is 1. The predicted molar refractivity (Wildman–Crippen MR) is 74.2 cm³/mol. The van der Waals surface area contributed by atoms with Crippen LogP contribution in [-0.4, -0.2) is 34.6 Å². The van der Waals surface area contributed by atoms with Gasteiger partial charge in [0.15, 0.2) is 0 Å². The molecular weight excluding hydrogens is 262 g/mol. The standard InChI is InChI=1S/C14H25NO5/c1-10(16)15-11(13(18)19)8-6-5-7-9-12(17)20-14(2,3)4/h11H,5-9H2,1-4H3,(H,15,16)(H,18,19). The number of hydrogen-bond donors (Lipinski definition) is 2. The van der Waals surface area contributed by atoms with E-state index < -0.39 is 17.6 Å². The molecule has 0 saturated heterocycles. The number of ether oxygens (including phenoxy) is 1. The molecule has 0 aromatic rings. The van der Waals surface area contributed by atoms with Gasteiger partial charge in [0.25, 0.3) is 0 Å². The van der Waals surface area contributed by atoms with E-state index in [1.807, 2.05) is 20.8 Å². The van der Waals surface area contributed by atoms with Crippen molar-refractivity contribution >= 4 is 17.8 Å². The Morgan fingerprint density at radius 2 is 1.75 bits per heavy atom. The zero-order valence-corrected chi connectivity index (χ0v) is 12.7. The van der Waals surface area contributed by atoms with E-state index in [0.717, 1.165) is 6.42 Å². The second-order valence-electron chi connectivity index (χ2n) is 5.78. The summed E-state index contributed by atoms with van der Waals surface area (Å²) in [7, 11) is 0. The van der Waals surface area contributed by atoms with Crippen molar-refractivity contribution in [1.29, 1.82) is 0 Å². The molecule has 0 bridgehead atoms. The van der Waals surface area contributed by atoms with Crippen LogP contribution in [0.5, 0.6) is 0 Å². The first-order valence-electron chi connectivity index (χ1n) is 6.83. The maximum Gasteiger partial charge on any atom is 0.326 e. The van der Waals surface area contributed by atoms with E-state index in [1.165, 1.54) is 6.92 Å². The molecule has 1 amide bonds. The second kappa shape index (κ2) is 8.55. The third-order valence-electron chi connectivity index (χ3n) is 2.47. The van der Waals surface area contributed by atoms with Crippen molar-refractivity contribution in [2.45, 2.75) is 71.4 Å². The molecule has 0 aromatic heterocycles. The van der Waals surface area contributed by atoms with Crippen LogP contribution in [0.15, 0.2) is 0 Å². The summed E-state index contributed by atoms with van der Waals surface area (Å²) in [6.45, 7) is 6.74. The zero-order valence-electron chi connectivity index (χ0n) is 12.7.